The number of aryl methyl sites for hydroxylation is 1. The van der Waals surface area contributed by atoms with E-state index in [0.29, 0.717) is 18.7 Å². The number of benzene rings is 1. The van der Waals surface area contributed by atoms with E-state index in [1.807, 2.05) is 0 Å². The number of fused-ring (bicyclic) bond motifs is 1. The Morgan fingerprint density at radius 2 is 2.21 bits per heavy atom. The van der Waals surface area contributed by atoms with Gasteiger partial charge < -0.3 is 9.30 Å². The van der Waals surface area contributed by atoms with Crippen LogP contribution in [0.5, 0.6) is 0 Å². The molecule has 12 nitrogen and oxygen atoms in total. The molecule has 3 aromatic rings. The van der Waals surface area contributed by atoms with E-state index in [9.17, 15) is 19.7 Å². The van der Waals surface area contributed by atoms with Crippen LogP contribution in [0.25, 0.3) is 11.2 Å². The van der Waals surface area contributed by atoms with Crippen molar-refractivity contribution in [2.45, 2.75) is 6.54 Å². The van der Waals surface area contributed by atoms with Crippen LogP contribution in [-0.2, 0) is 18.3 Å². The van der Waals surface area contributed by atoms with E-state index in [0.717, 1.165) is 0 Å². The molecule has 2 aromatic heterocycles. The highest BCUT2D eigenvalue weighted by Gasteiger charge is 2.16. The zero-order valence-electron chi connectivity index (χ0n) is 15.1. The van der Waals surface area contributed by atoms with E-state index in [4.69, 9.17) is 4.74 Å². The fourth-order valence-corrected chi connectivity index (χ4v) is 2.60. The molecule has 0 fully saturated rings. The number of imidazole rings is 1. The third kappa shape index (κ3) is 3.66. The molecule has 2 heterocycles. The SMILES string of the molecule is COCCn1c(N/N=C/c2cccc([N+](=O)[O-])c2)nc2c1c(=O)[nH]c(=O)n2C. The summed E-state index contributed by atoms with van der Waals surface area (Å²) >= 11 is 0. The molecule has 0 amide bonds. The van der Waals surface area contributed by atoms with Crippen molar-refractivity contribution in [3.8, 4) is 0 Å². The van der Waals surface area contributed by atoms with Crippen LogP contribution in [0.2, 0.25) is 0 Å². The Kier molecular flexibility index (Phi) is 5.31. The van der Waals surface area contributed by atoms with E-state index < -0.39 is 16.2 Å². The van der Waals surface area contributed by atoms with Crippen molar-refractivity contribution >= 4 is 29.0 Å². The molecule has 0 aliphatic heterocycles. The zero-order valence-corrected chi connectivity index (χ0v) is 15.1. The van der Waals surface area contributed by atoms with Crippen LogP contribution in [0, 0.1) is 10.1 Å². The van der Waals surface area contributed by atoms with Crippen LogP contribution in [0.4, 0.5) is 11.6 Å². The summed E-state index contributed by atoms with van der Waals surface area (Å²) in [7, 11) is 3.01. The van der Waals surface area contributed by atoms with Gasteiger partial charge in [0.15, 0.2) is 11.2 Å². The van der Waals surface area contributed by atoms with Crippen LogP contribution in [0.1, 0.15) is 5.56 Å². The largest absolute Gasteiger partial charge is 0.383 e. The summed E-state index contributed by atoms with van der Waals surface area (Å²) in [5.74, 6) is 0.223. The maximum atomic E-state index is 12.2. The normalized spacial score (nSPS) is 11.4. The minimum Gasteiger partial charge on any atom is -0.383 e. The number of H-pyrrole nitrogens is 1. The van der Waals surface area contributed by atoms with E-state index in [1.54, 1.807) is 16.7 Å². The number of nitro groups is 1. The summed E-state index contributed by atoms with van der Waals surface area (Å²) in [5, 5.41) is 14.9. The third-order valence-electron chi connectivity index (χ3n) is 3.99. The predicted molar refractivity (Wildman–Crippen MR) is 102 cm³/mol. The van der Waals surface area contributed by atoms with Gasteiger partial charge in [0.05, 0.1) is 17.7 Å². The average Bonchev–Trinajstić information content (AvgIpc) is 3.04. The van der Waals surface area contributed by atoms with E-state index in [2.05, 4.69) is 20.5 Å². The average molecular weight is 387 g/mol. The fraction of sp³-hybridized carbons (Fsp3) is 0.250. The summed E-state index contributed by atoms with van der Waals surface area (Å²) in [4.78, 5) is 40.9. The maximum Gasteiger partial charge on any atom is 0.329 e. The summed E-state index contributed by atoms with van der Waals surface area (Å²) in [6.07, 6.45) is 1.39. The van der Waals surface area contributed by atoms with E-state index in [-0.39, 0.29) is 22.8 Å². The van der Waals surface area contributed by atoms with Gasteiger partial charge in [-0.1, -0.05) is 12.1 Å². The molecule has 0 bridgehead atoms. The quantitative estimate of drug-likeness (QED) is 0.339. The van der Waals surface area contributed by atoms with Crippen molar-refractivity contribution < 1.29 is 9.66 Å². The van der Waals surface area contributed by atoms with Gasteiger partial charge in [-0.05, 0) is 0 Å². The minimum atomic E-state index is -0.583. The van der Waals surface area contributed by atoms with E-state index in [1.165, 1.54) is 37.1 Å². The molecule has 0 aliphatic rings. The van der Waals surface area contributed by atoms with Gasteiger partial charge >= 0.3 is 5.69 Å². The molecular formula is C16H17N7O5. The Morgan fingerprint density at radius 1 is 1.43 bits per heavy atom. The molecule has 1 aromatic carbocycles. The van der Waals surface area contributed by atoms with Crippen molar-refractivity contribution in [1.82, 2.24) is 19.1 Å². The Balaban J connectivity index is 1.98. The number of nitro benzene ring substituents is 1. The molecule has 3 rings (SSSR count). The van der Waals surface area contributed by atoms with Crippen LogP contribution in [-0.4, -0.2) is 44.0 Å². The van der Waals surface area contributed by atoms with Crippen molar-refractivity contribution in [2.24, 2.45) is 12.1 Å². The summed E-state index contributed by atoms with van der Waals surface area (Å²) < 4.78 is 7.82. The summed E-state index contributed by atoms with van der Waals surface area (Å²) in [5.41, 5.74) is 2.40. The number of nitrogens with zero attached hydrogens (tertiary/aromatic N) is 5. The summed E-state index contributed by atoms with van der Waals surface area (Å²) in [6.45, 7) is 0.597. The first-order valence-electron chi connectivity index (χ1n) is 8.14. The monoisotopic (exact) mass is 387 g/mol. The smallest absolute Gasteiger partial charge is 0.329 e. The number of methoxy groups -OCH3 is 1. The number of nitrogens with one attached hydrogen (secondary N) is 2. The topological polar surface area (TPSA) is 149 Å². The number of aromatic nitrogens is 4. The van der Waals surface area contributed by atoms with Crippen LogP contribution in [0.3, 0.4) is 0 Å². The molecule has 28 heavy (non-hydrogen) atoms. The Hall–Kier alpha value is -3.80. The molecule has 12 heteroatoms. The lowest BCUT2D eigenvalue weighted by Gasteiger charge is -2.07. The first-order valence-corrected chi connectivity index (χ1v) is 8.14. The lowest BCUT2D eigenvalue weighted by molar-refractivity contribution is -0.384. The van der Waals surface area contributed by atoms with Crippen molar-refractivity contribution in [3.63, 3.8) is 0 Å². The van der Waals surface area contributed by atoms with E-state index >= 15 is 0 Å². The molecule has 0 atom stereocenters. The number of anilines is 1. The second-order valence-electron chi connectivity index (χ2n) is 5.79. The van der Waals surface area contributed by atoms with Gasteiger partial charge in [-0.3, -0.25) is 24.5 Å². The third-order valence-corrected chi connectivity index (χ3v) is 3.99. The Morgan fingerprint density at radius 3 is 2.93 bits per heavy atom. The number of non-ortho nitro benzene ring substituents is 1. The highest BCUT2D eigenvalue weighted by molar-refractivity contribution is 5.81. The van der Waals surface area contributed by atoms with Gasteiger partial charge in [-0.15, -0.1) is 0 Å². The standard InChI is InChI=1S/C16H17N7O5/c1-21-13-12(14(24)19-16(21)25)22(6-7-28-2)15(18-13)20-17-9-10-4-3-5-11(8-10)23(26)27/h3-5,8-9H,6-7H2,1-2H3,(H,18,20)(H,19,24,25)/b17-9+. The van der Waals surface area contributed by atoms with Gasteiger partial charge in [-0.25, -0.2) is 10.2 Å². The van der Waals surface area contributed by atoms with Crippen molar-refractivity contribution in [2.75, 3.05) is 19.1 Å². The molecule has 0 unspecified atom stereocenters. The highest BCUT2D eigenvalue weighted by Crippen LogP contribution is 2.15. The number of aromatic amines is 1. The van der Waals surface area contributed by atoms with Crippen LogP contribution in [0.15, 0.2) is 39.0 Å². The van der Waals surface area contributed by atoms with Gasteiger partial charge in [0.1, 0.15) is 0 Å². The number of hydrogen-bond donors (Lipinski definition) is 2. The van der Waals surface area contributed by atoms with Gasteiger partial charge in [0, 0.05) is 38.4 Å². The Labute approximate surface area is 157 Å². The molecule has 0 radical (unpaired) electrons. The molecule has 2 N–H and O–H groups in total. The molecular weight excluding hydrogens is 370 g/mol. The van der Waals surface area contributed by atoms with Crippen molar-refractivity contribution in [1.29, 1.82) is 0 Å². The molecule has 0 aliphatic carbocycles. The molecule has 0 spiro atoms. The van der Waals surface area contributed by atoms with Gasteiger partial charge in [-0.2, -0.15) is 10.1 Å². The molecule has 146 valence electrons. The first kappa shape index (κ1) is 19.0. The number of hydrazone groups is 1. The highest BCUT2D eigenvalue weighted by atomic mass is 16.6. The lowest BCUT2D eigenvalue weighted by atomic mass is 10.2. The first-order chi connectivity index (χ1) is 13.4. The molecule has 0 saturated heterocycles. The van der Waals surface area contributed by atoms with Crippen LogP contribution < -0.4 is 16.7 Å². The predicted octanol–water partition coefficient (Wildman–Crippen LogP) is 0.424. The number of ether oxygens (including phenoxy) is 1. The second-order valence-corrected chi connectivity index (χ2v) is 5.79. The number of hydrogen-bond acceptors (Lipinski definition) is 8. The Bertz CT molecular complexity index is 1170. The fourth-order valence-electron chi connectivity index (χ4n) is 2.60. The van der Waals surface area contributed by atoms with Gasteiger partial charge in [0.2, 0.25) is 5.95 Å². The van der Waals surface area contributed by atoms with Crippen LogP contribution >= 0.6 is 0 Å². The lowest BCUT2D eigenvalue weighted by Crippen LogP contribution is -2.29. The molecule has 0 saturated carbocycles. The maximum absolute atomic E-state index is 12.2. The van der Waals surface area contributed by atoms with Gasteiger partial charge in [0.25, 0.3) is 11.2 Å². The van der Waals surface area contributed by atoms with Crippen molar-refractivity contribution in [3.05, 3.63) is 60.8 Å². The second kappa shape index (κ2) is 7.84. The summed E-state index contributed by atoms with van der Waals surface area (Å²) in [6, 6.07) is 5.94. The number of rotatable bonds is 7. The minimum absolute atomic E-state index is 0.0576. The zero-order chi connectivity index (χ0) is 20.3.